The van der Waals surface area contributed by atoms with Crippen LogP contribution in [0.2, 0.25) is 0 Å². The molecule has 0 radical (unpaired) electrons. The number of aromatic nitrogens is 1. The maximum atomic E-state index is 11.3. The van der Waals surface area contributed by atoms with Crippen molar-refractivity contribution in [1.29, 1.82) is 0 Å². The van der Waals surface area contributed by atoms with Gasteiger partial charge in [-0.2, -0.15) is 0 Å². The van der Waals surface area contributed by atoms with E-state index in [0.717, 1.165) is 24.4 Å². The second-order valence-corrected chi connectivity index (χ2v) is 7.24. The smallest absolute Gasteiger partial charge is 0.344 e. The van der Waals surface area contributed by atoms with Crippen LogP contribution >= 0.6 is 43.6 Å². The van der Waals surface area contributed by atoms with Gasteiger partial charge in [0.2, 0.25) is 0 Å². The summed E-state index contributed by atoms with van der Waals surface area (Å²) in [5.41, 5.74) is 0.949. The Balaban J connectivity index is 2.07. The molecule has 1 aromatic heterocycles. The summed E-state index contributed by atoms with van der Waals surface area (Å²) >= 11 is 8.54. The van der Waals surface area contributed by atoms with Gasteiger partial charge in [0, 0.05) is 15.6 Å². The lowest BCUT2D eigenvalue weighted by molar-refractivity contribution is -0.145. The number of hydrogen-bond acceptors (Lipinski definition) is 5. The van der Waals surface area contributed by atoms with Crippen LogP contribution in [-0.4, -0.2) is 24.2 Å². The molecule has 0 aliphatic rings. The van der Waals surface area contributed by atoms with Crippen LogP contribution in [0.3, 0.4) is 0 Å². The van der Waals surface area contributed by atoms with Crippen molar-refractivity contribution in [3.8, 4) is 5.75 Å². The summed E-state index contributed by atoms with van der Waals surface area (Å²) in [6.07, 6.45) is 1.75. The lowest BCUT2D eigenvalue weighted by atomic mass is 10.2. The van der Waals surface area contributed by atoms with Crippen LogP contribution in [-0.2, 0) is 9.53 Å². The highest BCUT2D eigenvalue weighted by molar-refractivity contribution is 9.13. The fourth-order valence-corrected chi connectivity index (χ4v) is 3.59. The topological polar surface area (TPSA) is 48.4 Å². The molecule has 0 spiro atoms. The number of esters is 1. The fraction of sp³-hybridized carbons (Fsp3) is 0.250. The molecule has 0 N–H and O–H groups in total. The van der Waals surface area contributed by atoms with Crippen molar-refractivity contribution in [3.05, 3.63) is 45.0 Å². The molecule has 23 heavy (non-hydrogen) atoms. The number of benzene rings is 1. The molecule has 0 fully saturated rings. The number of aryl methyl sites for hydroxylation is 1. The van der Waals surface area contributed by atoms with Gasteiger partial charge in [-0.15, -0.1) is 0 Å². The minimum absolute atomic E-state index is 0.0834. The maximum Gasteiger partial charge on any atom is 0.344 e. The average Bonchev–Trinajstić information content (AvgIpc) is 2.51. The summed E-state index contributed by atoms with van der Waals surface area (Å²) in [6, 6.07) is 7.67. The van der Waals surface area contributed by atoms with E-state index in [1.54, 1.807) is 24.9 Å². The Labute approximate surface area is 156 Å². The molecule has 0 saturated heterocycles. The zero-order chi connectivity index (χ0) is 16.8. The first-order valence-electron chi connectivity index (χ1n) is 6.88. The number of halogens is 2. The molecule has 2 aromatic rings. The number of hydrogen-bond donors (Lipinski definition) is 0. The van der Waals surface area contributed by atoms with E-state index in [-0.39, 0.29) is 12.6 Å². The Morgan fingerprint density at radius 2 is 2.09 bits per heavy atom. The van der Waals surface area contributed by atoms with Crippen molar-refractivity contribution in [2.75, 3.05) is 13.2 Å². The molecular formula is C16H15Br2NO3S. The van der Waals surface area contributed by atoms with Crippen LogP contribution in [0.1, 0.15) is 12.5 Å². The van der Waals surface area contributed by atoms with Gasteiger partial charge in [0.25, 0.3) is 0 Å². The van der Waals surface area contributed by atoms with Crippen molar-refractivity contribution in [2.24, 2.45) is 0 Å². The third kappa shape index (κ3) is 5.22. The normalized spacial score (nSPS) is 10.4. The van der Waals surface area contributed by atoms with Crippen molar-refractivity contribution in [2.45, 2.75) is 23.8 Å². The number of pyridine rings is 1. The minimum atomic E-state index is -0.368. The molecule has 0 aliphatic heterocycles. The van der Waals surface area contributed by atoms with E-state index >= 15 is 0 Å². The second-order valence-electron chi connectivity index (χ2n) is 4.53. The van der Waals surface area contributed by atoms with E-state index in [1.807, 2.05) is 31.2 Å². The summed E-state index contributed by atoms with van der Waals surface area (Å²) in [6.45, 7) is 3.97. The van der Waals surface area contributed by atoms with Crippen LogP contribution in [0.15, 0.2) is 49.3 Å². The number of ether oxygens (including phenoxy) is 2. The quantitative estimate of drug-likeness (QED) is 0.567. The Morgan fingerprint density at radius 1 is 1.30 bits per heavy atom. The minimum Gasteiger partial charge on any atom is -0.482 e. The number of carbonyl (C=O) groups excluding carboxylic acids is 1. The van der Waals surface area contributed by atoms with Crippen molar-refractivity contribution >= 4 is 49.6 Å². The van der Waals surface area contributed by atoms with E-state index < -0.39 is 0 Å². The molecule has 0 saturated carbocycles. The molecular weight excluding hydrogens is 446 g/mol. The Kier molecular flexibility index (Phi) is 6.92. The van der Waals surface area contributed by atoms with Gasteiger partial charge in [-0.25, -0.2) is 9.78 Å². The molecule has 0 atom stereocenters. The van der Waals surface area contributed by atoms with Gasteiger partial charge in [0.05, 0.1) is 11.1 Å². The fourth-order valence-electron chi connectivity index (χ4n) is 1.77. The predicted molar refractivity (Wildman–Crippen MR) is 97.1 cm³/mol. The standard InChI is InChI=1S/C16H15Br2NO3S/c1-3-21-14(20)9-22-13-5-4-11(8-10(13)2)23-16-15(18)12(17)6-7-19-16/h4-8H,3,9H2,1-2H3. The number of rotatable bonds is 6. The molecule has 7 heteroatoms. The van der Waals surface area contributed by atoms with Crippen LogP contribution in [0.25, 0.3) is 0 Å². The summed E-state index contributed by atoms with van der Waals surface area (Å²) < 4.78 is 12.2. The molecule has 1 aromatic carbocycles. The largest absolute Gasteiger partial charge is 0.482 e. The van der Waals surface area contributed by atoms with Gasteiger partial charge in [0.1, 0.15) is 10.8 Å². The van der Waals surface area contributed by atoms with Gasteiger partial charge >= 0.3 is 5.97 Å². The second kappa shape index (κ2) is 8.70. The molecule has 0 unspecified atom stereocenters. The lowest BCUT2D eigenvalue weighted by Crippen LogP contribution is -2.14. The molecule has 0 amide bonds. The van der Waals surface area contributed by atoms with Crippen molar-refractivity contribution in [1.82, 2.24) is 4.98 Å². The lowest BCUT2D eigenvalue weighted by Gasteiger charge is -2.10. The van der Waals surface area contributed by atoms with Crippen molar-refractivity contribution in [3.63, 3.8) is 0 Å². The third-order valence-electron chi connectivity index (χ3n) is 2.82. The molecule has 0 bridgehead atoms. The van der Waals surface area contributed by atoms with E-state index in [1.165, 1.54) is 0 Å². The van der Waals surface area contributed by atoms with E-state index in [9.17, 15) is 4.79 Å². The Hall–Kier alpha value is -1.05. The SMILES string of the molecule is CCOC(=O)COc1ccc(Sc2nccc(Br)c2Br)cc1C. The average molecular weight is 461 g/mol. The van der Waals surface area contributed by atoms with E-state index in [2.05, 4.69) is 36.8 Å². The summed E-state index contributed by atoms with van der Waals surface area (Å²) in [5, 5.41) is 0.874. The molecule has 4 nitrogen and oxygen atoms in total. The first-order chi connectivity index (χ1) is 11.0. The highest BCUT2D eigenvalue weighted by atomic mass is 79.9. The zero-order valence-corrected chi connectivity index (χ0v) is 16.6. The van der Waals surface area contributed by atoms with E-state index in [0.29, 0.717) is 12.4 Å². The molecule has 122 valence electrons. The number of nitrogens with zero attached hydrogens (tertiary/aromatic N) is 1. The van der Waals surface area contributed by atoms with Crippen LogP contribution < -0.4 is 4.74 Å². The first kappa shape index (κ1) is 18.3. The molecule has 2 rings (SSSR count). The van der Waals surface area contributed by atoms with Crippen LogP contribution in [0.5, 0.6) is 5.75 Å². The van der Waals surface area contributed by atoms with E-state index in [4.69, 9.17) is 9.47 Å². The molecule has 0 aliphatic carbocycles. The first-order valence-corrected chi connectivity index (χ1v) is 9.28. The van der Waals surface area contributed by atoms with Gasteiger partial charge in [-0.05, 0) is 75.5 Å². The maximum absolute atomic E-state index is 11.3. The molecule has 1 heterocycles. The van der Waals surface area contributed by atoms with Crippen molar-refractivity contribution < 1.29 is 14.3 Å². The highest BCUT2D eigenvalue weighted by Crippen LogP contribution is 2.36. The van der Waals surface area contributed by atoms with Gasteiger partial charge in [0.15, 0.2) is 6.61 Å². The summed E-state index contributed by atoms with van der Waals surface area (Å²) in [4.78, 5) is 16.7. The van der Waals surface area contributed by atoms with Gasteiger partial charge < -0.3 is 9.47 Å². The van der Waals surface area contributed by atoms with Crippen LogP contribution in [0, 0.1) is 6.92 Å². The summed E-state index contributed by atoms with van der Waals surface area (Å²) in [5.74, 6) is 0.302. The third-order valence-corrected chi connectivity index (χ3v) is 6.07. The summed E-state index contributed by atoms with van der Waals surface area (Å²) in [7, 11) is 0. The number of carbonyl (C=O) groups is 1. The predicted octanol–water partition coefficient (Wildman–Crippen LogP) is 5.01. The van der Waals surface area contributed by atoms with Gasteiger partial charge in [-0.3, -0.25) is 0 Å². The monoisotopic (exact) mass is 459 g/mol. The van der Waals surface area contributed by atoms with Gasteiger partial charge in [-0.1, -0.05) is 11.8 Å². The highest BCUT2D eigenvalue weighted by Gasteiger charge is 2.10. The zero-order valence-electron chi connectivity index (χ0n) is 12.6. The van der Waals surface area contributed by atoms with Crippen LogP contribution in [0.4, 0.5) is 0 Å². The Bertz CT molecular complexity index is 710. The Morgan fingerprint density at radius 3 is 2.78 bits per heavy atom.